The number of ether oxygens (including phenoxy) is 1. The summed E-state index contributed by atoms with van der Waals surface area (Å²) < 4.78 is 6.77. The Bertz CT molecular complexity index is 969. The Hall–Kier alpha value is -2.25. The second-order valence-corrected chi connectivity index (χ2v) is 7.82. The molecule has 1 aliphatic rings. The molecule has 4 heterocycles. The van der Waals surface area contributed by atoms with E-state index in [1.54, 1.807) is 18.5 Å². The van der Waals surface area contributed by atoms with Crippen molar-refractivity contribution in [2.24, 2.45) is 10.5 Å². The Morgan fingerprint density at radius 3 is 3.12 bits per heavy atom. The molecule has 3 aromatic heterocycles. The number of hydrogen-bond acceptors (Lipinski definition) is 7. The number of pyridine rings is 2. The predicted octanol–water partition coefficient (Wildman–Crippen LogP) is 4.36. The molecular formula is C17H16ClN5OS. The van der Waals surface area contributed by atoms with Crippen molar-refractivity contribution in [3.8, 4) is 5.75 Å². The fraction of sp³-hybridized carbons (Fsp3) is 0.294. The van der Waals surface area contributed by atoms with Gasteiger partial charge < -0.3 is 4.74 Å². The zero-order chi connectivity index (χ0) is 17.4. The molecule has 0 bridgehead atoms. The summed E-state index contributed by atoms with van der Waals surface area (Å²) in [6.45, 7) is 4.92. The molecule has 0 amide bonds. The molecule has 0 aromatic carbocycles. The monoisotopic (exact) mass is 373 g/mol. The maximum absolute atomic E-state index is 5.92. The number of hydrazone groups is 1. The van der Waals surface area contributed by atoms with Crippen LogP contribution in [0.1, 0.15) is 26.0 Å². The van der Waals surface area contributed by atoms with E-state index in [1.165, 1.54) is 11.3 Å². The topological polar surface area (TPSA) is 72.3 Å². The van der Waals surface area contributed by atoms with Gasteiger partial charge in [-0.1, -0.05) is 36.8 Å². The third-order valence-electron chi connectivity index (χ3n) is 4.13. The maximum atomic E-state index is 5.92. The van der Waals surface area contributed by atoms with Crippen molar-refractivity contribution in [1.82, 2.24) is 15.0 Å². The van der Waals surface area contributed by atoms with Crippen molar-refractivity contribution < 1.29 is 4.74 Å². The average molecular weight is 374 g/mol. The Kier molecular flexibility index (Phi) is 4.05. The minimum atomic E-state index is -0.172. The quantitative estimate of drug-likeness (QED) is 0.533. The summed E-state index contributed by atoms with van der Waals surface area (Å²) in [5.41, 5.74) is 5.33. The van der Waals surface area contributed by atoms with Crippen LogP contribution in [0.25, 0.3) is 10.2 Å². The second-order valence-electron chi connectivity index (χ2n) is 6.40. The van der Waals surface area contributed by atoms with E-state index in [4.69, 9.17) is 16.3 Å². The molecule has 0 saturated heterocycles. The molecule has 1 N–H and O–H groups in total. The van der Waals surface area contributed by atoms with E-state index < -0.39 is 0 Å². The van der Waals surface area contributed by atoms with E-state index in [0.717, 1.165) is 33.8 Å². The first-order valence-electron chi connectivity index (χ1n) is 7.87. The maximum Gasteiger partial charge on any atom is 0.204 e. The zero-order valence-corrected chi connectivity index (χ0v) is 15.4. The molecule has 1 aliphatic heterocycles. The van der Waals surface area contributed by atoms with Crippen LogP contribution in [0.3, 0.4) is 0 Å². The third-order valence-corrected chi connectivity index (χ3v) is 5.24. The molecule has 0 atom stereocenters. The van der Waals surface area contributed by atoms with Gasteiger partial charge in [0.2, 0.25) is 5.13 Å². The van der Waals surface area contributed by atoms with E-state index in [2.05, 4.69) is 39.3 Å². The van der Waals surface area contributed by atoms with Gasteiger partial charge in [-0.2, -0.15) is 5.10 Å². The van der Waals surface area contributed by atoms with Crippen LogP contribution in [0, 0.1) is 5.41 Å². The summed E-state index contributed by atoms with van der Waals surface area (Å²) in [6.07, 6.45) is 4.32. The normalized spacial score (nSPS) is 17.8. The molecule has 6 nitrogen and oxygen atoms in total. The summed E-state index contributed by atoms with van der Waals surface area (Å²) in [7, 11) is 0. The van der Waals surface area contributed by atoms with E-state index in [-0.39, 0.29) is 5.41 Å². The van der Waals surface area contributed by atoms with Gasteiger partial charge in [-0.05, 0) is 18.6 Å². The van der Waals surface area contributed by atoms with Crippen molar-refractivity contribution >= 4 is 44.0 Å². The largest absolute Gasteiger partial charge is 0.491 e. The highest BCUT2D eigenvalue weighted by Gasteiger charge is 2.32. The number of aromatic nitrogens is 3. The number of anilines is 1. The van der Waals surface area contributed by atoms with Crippen LogP contribution in [0.2, 0.25) is 5.15 Å². The van der Waals surface area contributed by atoms with Crippen LogP contribution in [0.15, 0.2) is 35.7 Å². The fourth-order valence-corrected chi connectivity index (χ4v) is 3.62. The molecular weight excluding hydrogens is 358 g/mol. The summed E-state index contributed by atoms with van der Waals surface area (Å²) in [6, 6.07) is 5.53. The highest BCUT2D eigenvalue weighted by Crippen LogP contribution is 2.34. The average Bonchev–Trinajstić information content (AvgIpc) is 2.92. The van der Waals surface area contributed by atoms with Crippen LogP contribution in [-0.4, -0.2) is 27.3 Å². The number of halogens is 1. The van der Waals surface area contributed by atoms with Crippen LogP contribution >= 0.6 is 22.9 Å². The molecule has 0 fully saturated rings. The summed E-state index contributed by atoms with van der Waals surface area (Å²) in [5, 5.41) is 5.76. The zero-order valence-electron chi connectivity index (χ0n) is 13.8. The Morgan fingerprint density at radius 2 is 2.24 bits per heavy atom. The Balaban J connectivity index is 1.72. The van der Waals surface area contributed by atoms with Crippen molar-refractivity contribution in [2.75, 3.05) is 12.0 Å². The van der Waals surface area contributed by atoms with E-state index in [0.29, 0.717) is 16.9 Å². The first-order valence-corrected chi connectivity index (χ1v) is 9.07. The fourth-order valence-electron chi connectivity index (χ4n) is 2.71. The summed E-state index contributed by atoms with van der Waals surface area (Å²) in [5.74, 6) is 0.758. The number of hydrogen-bond donors (Lipinski definition) is 1. The minimum Gasteiger partial charge on any atom is -0.491 e. The van der Waals surface area contributed by atoms with Gasteiger partial charge in [0.15, 0.2) is 0 Å². The van der Waals surface area contributed by atoms with Gasteiger partial charge in [0, 0.05) is 23.9 Å². The van der Waals surface area contributed by atoms with Crippen molar-refractivity contribution in [2.45, 2.75) is 20.3 Å². The summed E-state index contributed by atoms with van der Waals surface area (Å²) in [4.78, 5) is 13.1. The van der Waals surface area contributed by atoms with Gasteiger partial charge in [-0.25, -0.2) is 9.97 Å². The Morgan fingerprint density at radius 1 is 1.36 bits per heavy atom. The molecule has 0 unspecified atom stereocenters. The third kappa shape index (κ3) is 3.17. The van der Waals surface area contributed by atoms with Gasteiger partial charge in [0.05, 0.1) is 22.5 Å². The highest BCUT2D eigenvalue weighted by molar-refractivity contribution is 7.22. The van der Waals surface area contributed by atoms with Crippen LogP contribution < -0.4 is 10.2 Å². The molecule has 128 valence electrons. The molecule has 8 heteroatoms. The van der Waals surface area contributed by atoms with Gasteiger partial charge >= 0.3 is 0 Å². The first kappa shape index (κ1) is 16.2. The van der Waals surface area contributed by atoms with Gasteiger partial charge in [0.1, 0.15) is 16.6 Å². The van der Waals surface area contributed by atoms with Crippen LogP contribution in [-0.2, 0) is 0 Å². The standard InChI is InChI=1S/C17H16ClN5OS/c1-17(2)5-7-24-11-4-3-6-19-14(11)15(17)22-23-16-21-10-8-13(18)20-9-12(10)25-16/h3-4,6,8-9H,5,7H2,1-2H3,(H,21,23)/b22-15-. The number of nitrogens with zero attached hydrogens (tertiary/aromatic N) is 4. The predicted molar refractivity (Wildman–Crippen MR) is 101 cm³/mol. The lowest BCUT2D eigenvalue weighted by Crippen LogP contribution is -2.26. The van der Waals surface area contributed by atoms with Crippen molar-refractivity contribution in [3.63, 3.8) is 0 Å². The molecule has 0 saturated carbocycles. The minimum absolute atomic E-state index is 0.172. The van der Waals surface area contributed by atoms with E-state index >= 15 is 0 Å². The number of rotatable bonds is 2. The Labute approximate surface area is 153 Å². The molecule has 4 rings (SSSR count). The van der Waals surface area contributed by atoms with Gasteiger partial charge in [-0.3, -0.25) is 10.4 Å². The lowest BCUT2D eigenvalue weighted by Gasteiger charge is -2.23. The first-order chi connectivity index (χ1) is 12.0. The smallest absolute Gasteiger partial charge is 0.204 e. The molecule has 3 aromatic rings. The lowest BCUT2D eigenvalue weighted by atomic mass is 9.83. The molecule has 25 heavy (non-hydrogen) atoms. The van der Waals surface area contributed by atoms with Crippen molar-refractivity contribution in [1.29, 1.82) is 0 Å². The number of fused-ring (bicyclic) bond motifs is 2. The number of thiazole rings is 1. The molecule has 0 radical (unpaired) electrons. The van der Waals surface area contributed by atoms with E-state index in [9.17, 15) is 0 Å². The van der Waals surface area contributed by atoms with Crippen LogP contribution in [0.4, 0.5) is 5.13 Å². The SMILES string of the molecule is CC1(C)CCOc2cccnc2/C1=N/Nc1nc2cc(Cl)ncc2s1. The van der Waals surface area contributed by atoms with Crippen LogP contribution in [0.5, 0.6) is 5.75 Å². The highest BCUT2D eigenvalue weighted by atomic mass is 35.5. The second kappa shape index (κ2) is 6.24. The van der Waals surface area contributed by atoms with Gasteiger partial charge in [0.25, 0.3) is 0 Å². The lowest BCUT2D eigenvalue weighted by molar-refractivity contribution is 0.279. The molecule has 0 spiro atoms. The number of nitrogens with one attached hydrogen (secondary N) is 1. The van der Waals surface area contributed by atoms with Crippen molar-refractivity contribution in [3.05, 3.63) is 41.4 Å². The van der Waals surface area contributed by atoms with Gasteiger partial charge in [-0.15, -0.1) is 0 Å². The molecule has 0 aliphatic carbocycles. The van der Waals surface area contributed by atoms with E-state index in [1.807, 2.05) is 12.1 Å². The summed E-state index contributed by atoms with van der Waals surface area (Å²) >= 11 is 7.40.